The molecular weight excluding hydrogens is 232 g/mol. The van der Waals surface area contributed by atoms with Gasteiger partial charge in [0.05, 0.1) is 0 Å². The minimum atomic E-state index is -0.863. The Bertz CT molecular complexity index is 214. The van der Waals surface area contributed by atoms with Gasteiger partial charge >= 0.3 is 0 Å². The van der Waals surface area contributed by atoms with Gasteiger partial charge in [-0.3, -0.25) is 0 Å². The summed E-state index contributed by atoms with van der Waals surface area (Å²) in [4.78, 5) is 0. The lowest BCUT2D eigenvalue weighted by molar-refractivity contribution is 0.391. The highest BCUT2D eigenvalue weighted by molar-refractivity contribution is 6.76. The van der Waals surface area contributed by atoms with Gasteiger partial charge in [-0.05, 0) is 18.4 Å². The van der Waals surface area contributed by atoms with E-state index in [1.54, 1.807) is 0 Å². The number of hydrogen-bond acceptors (Lipinski definition) is 0. The van der Waals surface area contributed by atoms with Crippen LogP contribution in [0.1, 0.15) is 64.2 Å². The first kappa shape index (κ1) is 16.0. The van der Waals surface area contributed by atoms with E-state index >= 15 is 0 Å². The van der Waals surface area contributed by atoms with E-state index in [1.807, 2.05) is 0 Å². The molecule has 1 aliphatic rings. The second-order valence-electron chi connectivity index (χ2n) is 7.39. The van der Waals surface area contributed by atoms with Crippen molar-refractivity contribution < 1.29 is 0 Å². The molecule has 1 fully saturated rings. The molecule has 0 heterocycles. The van der Waals surface area contributed by atoms with Gasteiger partial charge < -0.3 is 0 Å². The van der Waals surface area contributed by atoms with Gasteiger partial charge in [-0.15, -0.1) is 0 Å². The smallest absolute Gasteiger partial charge is 0.0480 e. The van der Waals surface area contributed by atoms with E-state index in [1.165, 1.54) is 70.3 Å². The van der Waals surface area contributed by atoms with E-state index in [9.17, 15) is 0 Å². The molecule has 0 spiro atoms. The third-order valence-electron chi connectivity index (χ3n) is 4.09. The molecule has 106 valence electrons. The molecule has 0 aromatic carbocycles. The first-order chi connectivity index (χ1) is 8.58. The van der Waals surface area contributed by atoms with Crippen LogP contribution in [0.2, 0.25) is 25.7 Å². The third kappa shape index (κ3) is 8.96. The van der Waals surface area contributed by atoms with Crippen LogP contribution in [0.4, 0.5) is 0 Å². The predicted octanol–water partition coefficient (Wildman–Crippen LogP) is 6.41. The number of allylic oxidation sites excluding steroid dienone is 2. The van der Waals surface area contributed by atoms with Crippen LogP contribution in [0.5, 0.6) is 0 Å². The molecule has 0 bridgehead atoms. The summed E-state index contributed by atoms with van der Waals surface area (Å²) in [6.45, 7) is 7.38. The van der Waals surface area contributed by atoms with Crippen molar-refractivity contribution in [3.05, 3.63) is 12.2 Å². The summed E-state index contributed by atoms with van der Waals surface area (Å²) in [5.41, 5.74) is 0. The second kappa shape index (κ2) is 8.96. The van der Waals surface area contributed by atoms with E-state index in [0.29, 0.717) is 0 Å². The topological polar surface area (TPSA) is 0 Å². The minimum Gasteiger partial charge on any atom is -0.0912 e. The van der Waals surface area contributed by atoms with Crippen LogP contribution >= 0.6 is 0 Å². The number of rotatable bonds is 4. The second-order valence-corrected chi connectivity index (χ2v) is 12.9. The quantitative estimate of drug-likeness (QED) is 0.407. The van der Waals surface area contributed by atoms with Crippen LogP contribution in [0.25, 0.3) is 0 Å². The molecule has 0 amide bonds. The lowest BCUT2D eigenvalue weighted by atomic mass is 9.90. The Morgan fingerprint density at radius 1 is 0.778 bits per heavy atom. The molecular formula is C17H34Si. The van der Waals surface area contributed by atoms with Gasteiger partial charge in [-0.2, -0.15) is 0 Å². The van der Waals surface area contributed by atoms with Gasteiger partial charge in [0.25, 0.3) is 0 Å². The van der Waals surface area contributed by atoms with Gasteiger partial charge in [0.1, 0.15) is 0 Å². The summed E-state index contributed by atoms with van der Waals surface area (Å²) >= 11 is 0. The first-order valence-corrected chi connectivity index (χ1v) is 11.9. The molecule has 1 heteroatoms. The van der Waals surface area contributed by atoms with Crippen molar-refractivity contribution >= 4 is 8.07 Å². The Morgan fingerprint density at radius 2 is 1.28 bits per heavy atom. The van der Waals surface area contributed by atoms with Crippen molar-refractivity contribution in [2.75, 3.05) is 0 Å². The summed E-state index contributed by atoms with van der Waals surface area (Å²) in [5.74, 6) is 0.987. The molecule has 1 aliphatic carbocycles. The van der Waals surface area contributed by atoms with Crippen molar-refractivity contribution in [3.63, 3.8) is 0 Å². The Kier molecular flexibility index (Phi) is 7.97. The van der Waals surface area contributed by atoms with Crippen molar-refractivity contribution in [1.29, 1.82) is 0 Å². The zero-order chi connectivity index (χ0) is 13.3. The molecule has 0 aromatic heterocycles. The van der Waals surface area contributed by atoms with Crippen molar-refractivity contribution in [3.8, 4) is 0 Å². The highest BCUT2D eigenvalue weighted by Crippen LogP contribution is 2.24. The fourth-order valence-corrected chi connectivity index (χ4v) is 3.73. The molecule has 0 radical (unpaired) electrons. The van der Waals surface area contributed by atoms with E-state index in [4.69, 9.17) is 0 Å². The molecule has 18 heavy (non-hydrogen) atoms. The van der Waals surface area contributed by atoms with Gasteiger partial charge in [-0.25, -0.2) is 0 Å². The highest BCUT2D eigenvalue weighted by atomic mass is 28.3. The maximum absolute atomic E-state index is 2.49. The highest BCUT2D eigenvalue weighted by Gasteiger charge is 2.11. The average molecular weight is 267 g/mol. The van der Waals surface area contributed by atoms with E-state index in [2.05, 4.69) is 31.8 Å². The summed E-state index contributed by atoms with van der Waals surface area (Å²) in [7, 11) is -0.863. The SMILES string of the molecule is C[Si](C)(C)CC=CCC1CCCCCCCCC1. The molecule has 0 atom stereocenters. The van der Waals surface area contributed by atoms with E-state index in [-0.39, 0.29) is 0 Å². The summed E-state index contributed by atoms with van der Waals surface area (Å²) in [6.07, 6.45) is 19.7. The zero-order valence-corrected chi connectivity index (χ0v) is 14.0. The molecule has 0 unspecified atom stereocenters. The third-order valence-corrected chi connectivity index (χ3v) is 5.55. The van der Waals surface area contributed by atoms with E-state index in [0.717, 1.165) is 5.92 Å². The Hall–Kier alpha value is -0.0431. The van der Waals surface area contributed by atoms with Crippen molar-refractivity contribution in [2.24, 2.45) is 5.92 Å². The van der Waals surface area contributed by atoms with E-state index < -0.39 is 8.07 Å². The Morgan fingerprint density at radius 3 is 1.78 bits per heavy atom. The van der Waals surface area contributed by atoms with Crippen molar-refractivity contribution in [1.82, 2.24) is 0 Å². The van der Waals surface area contributed by atoms with Gasteiger partial charge in [0.15, 0.2) is 0 Å². The molecule has 1 saturated carbocycles. The van der Waals surface area contributed by atoms with Crippen LogP contribution in [-0.4, -0.2) is 8.07 Å². The maximum atomic E-state index is 2.49. The van der Waals surface area contributed by atoms with Crippen LogP contribution in [0.3, 0.4) is 0 Å². The normalized spacial score (nSPS) is 21.3. The molecule has 0 aromatic rings. The van der Waals surface area contributed by atoms with Crippen LogP contribution in [0, 0.1) is 5.92 Å². The summed E-state index contributed by atoms with van der Waals surface area (Å²) in [5, 5.41) is 0. The monoisotopic (exact) mass is 266 g/mol. The van der Waals surface area contributed by atoms with Crippen LogP contribution in [0.15, 0.2) is 12.2 Å². The molecule has 0 nitrogen and oxygen atoms in total. The Labute approximate surface area is 116 Å². The standard InChI is InChI=1S/C17H34Si/c1-18(2,3)16-12-11-15-17-13-9-7-5-4-6-8-10-14-17/h11-12,17H,4-10,13-16H2,1-3H3. The summed E-state index contributed by atoms with van der Waals surface area (Å²) in [6, 6.07) is 1.36. The van der Waals surface area contributed by atoms with Crippen molar-refractivity contribution in [2.45, 2.75) is 89.9 Å². The lowest BCUT2D eigenvalue weighted by Crippen LogP contribution is -2.17. The van der Waals surface area contributed by atoms with Crippen LogP contribution in [-0.2, 0) is 0 Å². The zero-order valence-electron chi connectivity index (χ0n) is 13.0. The average Bonchev–Trinajstić information content (AvgIpc) is 2.31. The van der Waals surface area contributed by atoms with Crippen LogP contribution < -0.4 is 0 Å². The molecule has 0 aliphatic heterocycles. The molecule has 0 N–H and O–H groups in total. The lowest BCUT2D eigenvalue weighted by Gasteiger charge is -2.17. The molecule has 1 rings (SSSR count). The van der Waals surface area contributed by atoms with Gasteiger partial charge in [-0.1, -0.05) is 89.6 Å². The van der Waals surface area contributed by atoms with Gasteiger partial charge in [0, 0.05) is 8.07 Å². The predicted molar refractivity (Wildman–Crippen MR) is 87.0 cm³/mol. The maximum Gasteiger partial charge on any atom is 0.0480 e. The van der Waals surface area contributed by atoms with Gasteiger partial charge in [0.2, 0.25) is 0 Å². The number of hydrogen-bond donors (Lipinski definition) is 0. The fourth-order valence-electron chi connectivity index (χ4n) is 2.86. The first-order valence-electron chi connectivity index (χ1n) is 8.23. The fraction of sp³-hybridized carbons (Fsp3) is 0.882. The Balaban J connectivity index is 2.24. The molecule has 0 saturated heterocycles. The minimum absolute atomic E-state index is 0.863. The summed E-state index contributed by atoms with van der Waals surface area (Å²) < 4.78 is 0. The largest absolute Gasteiger partial charge is 0.0912 e.